The van der Waals surface area contributed by atoms with Gasteiger partial charge in [-0.3, -0.25) is 4.79 Å². The Morgan fingerprint density at radius 3 is 2.45 bits per heavy atom. The lowest BCUT2D eigenvalue weighted by Crippen LogP contribution is -2.55. The van der Waals surface area contributed by atoms with Crippen LogP contribution in [0.15, 0.2) is 0 Å². The Labute approximate surface area is 180 Å². The third-order valence-corrected chi connectivity index (χ3v) is 11.7. The molecular formula is C28H46O. The molecule has 5 aliphatic carbocycles. The van der Waals surface area contributed by atoms with Gasteiger partial charge >= 0.3 is 0 Å². The van der Waals surface area contributed by atoms with Crippen molar-refractivity contribution in [3.63, 3.8) is 0 Å². The summed E-state index contributed by atoms with van der Waals surface area (Å²) in [5, 5.41) is 0. The summed E-state index contributed by atoms with van der Waals surface area (Å²) in [4.78, 5) is 12.2. The molecule has 5 rings (SSSR count). The van der Waals surface area contributed by atoms with Gasteiger partial charge in [0.05, 0.1) is 0 Å². The highest BCUT2D eigenvalue weighted by Gasteiger charge is 2.76. The number of hydrogen-bond acceptors (Lipinski definition) is 1. The Hall–Kier alpha value is -0.330. The molecule has 0 amide bonds. The van der Waals surface area contributed by atoms with Crippen LogP contribution in [-0.4, -0.2) is 5.78 Å². The zero-order valence-corrected chi connectivity index (χ0v) is 19.9. The molecule has 0 N–H and O–H groups in total. The molecule has 9 atom stereocenters. The van der Waals surface area contributed by atoms with Crippen molar-refractivity contribution in [2.75, 3.05) is 0 Å². The van der Waals surface area contributed by atoms with E-state index in [9.17, 15) is 4.79 Å². The molecule has 1 nitrogen and oxygen atoms in total. The normalized spacial score (nSPS) is 51.8. The number of Topliss-reactive ketones (excluding diaryl/α,β-unsaturated/α-hetero) is 1. The molecular weight excluding hydrogens is 352 g/mol. The van der Waals surface area contributed by atoms with Crippen LogP contribution in [0.5, 0.6) is 0 Å². The second-order valence-electron chi connectivity index (χ2n) is 13.3. The van der Waals surface area contributed by atoms with Crippen molar-refractivity contribution in [2.24, 2.45) is 57.7 Å². The molecule has 1 spiro atoms. The minimum Gasteiger partial charge on any atom is -0.300 e. The van der Waals surface area contributed by atoms with Gasteiger partial charge in [0.15, 0.2) is 0 Å². The largest absolute Gasteiger partial charge is 0.300 e. The Morgan fingerprint density at radius 2 is 1.69 bits per heavy atom. The van der Waals surface area contributed by atoms with Crippen LogP contribution in [0.1, 0.15) is 112 Å². The van der Waals surface area contributed by atoms with Crippen LogP contribution in [0.4, 0.5) is 0 Å². The predicted molar refractivity (Wildman–Crippen MR) is 121 cm³/mol. The topological polar surface area (TPSA) is 17.1 Å². The Kier molecular flexibility index (Phi) is 4.85. The molecule has 1 heteroatoms. The summed E-state index contributed by atoms with van der Waals surface area (Å²) < 4.78 is 0. The first kappa shape index (κ1) is 20.6. The van der Waals surface area contributed by atoms with E-state index in [4.69, 9.17) is 0 Å². The van der Waals surface area contributed by atoms with Crippen molar-refractivity contribution in [3.8, 4) is 0 Å². The fourth-order valence-corrected chi connectivity index (χ4v) is 10.3. The second-order valence-corrected chi connectivity index (χ2v) is 13.3. The fourth-order valence-electron chi connectivity index (χ4n) is 10.3. The number of fused-ring (bicyclic) bond motifs is 3. The van der Waals surface area contributed by atoms with Crippen molar-refractivity contribution in [3.05, 3.63) is 0 Å². The summed E-state index contributed by atoms with van der Waals surface area (Å²) in [7, 11) is 0. The van der Waals surface area contributed by atoms with Crippen molar-refractivity contribution in [1.82, 2.24) is 0 Å². The van der Waals surface area contributed by atoms with Crippen LogP contribution in [-0.2, 0) is 4.79 Å². The van der Waals surface area contributed by atoms with Gasteiger partial charge in [0.1, 0.15) is 5.78 Å². The Morgan fingerprint density at radius 1 is 0.931 bits per heavy atom. The standard InChI is InChI=1S/C28H46O/c1-18(2)7-6-8-19(3)23-9-10-24-27(23,5)14-12-25-26(4)13-11-22(29)16-20(26)15-21-17-28(21,24)25/h18-21,23-25H,6-17H2,1-5H3/t19-,20+,21+,23-,24-,25-,26+,27-,28-/m1/s1. The van der Waals surface area contributed by atoms with E-state index in [0.717, 1.165) is 48.3 Å². The molecule has 5 saturated carbocycles. The maximum absolute atomic E-state index is 12.2. The zero-order valence-electron chi connectivity index (χ0n) is 19.9. The summed E-state index contributed by atoms with van der Waals surface area (Å²) in [6.07, 6.45) is 16.2. The van der Waals surface area contributed by atoms with Crippen LogP contribution in [0, 0.1) is 57.7 Å². The number of carbonyl (C=O) groups excluding carboxylic acids is 1. The van der Waals surface area contributed by atoms with E-state index in [2.05, 4.69) is 34.6 Å². The van der Waals surface area contributed by atoms with E-state index >= 15 is 0 Å². The molecule has 164 valence electrons. The fraction of sp³-hybridized carbons (Fsp3) is 0.964. The summed E-state index contributed by atoms with van der Waals surface area (Å²) in [5.74, 6) is 6.91. The summed E-state index contributed by atoms with van der Waals surface area (Å²) in [6, 6.07) is 0. The summed E-state index contributed by atoms with van der Waals surface area (Å²) in [5.41, 5.74) is 1.77. The predicted octanol–water partition coefficient (Wildman–Crippen LogP) is 7.68. The molecule has 0 radical (unpaired) electrons. The lowest BCUT2D eigenvalue weighted by atomic mass is 9.43. The number of carbonyl (C=O) groups is 1. The van der Waals surface area contributed by atoms with Gasteiger partial charge in [-0.2, -0.15) is 0 Å². The number of rotatable bonds is 5. The third-order valence-electron chi connectivity index (χ3n) is 11.7. The molecule has 0 heterocycles. The molecule has 5 fully saturated rings. The van der Waals surface area contributed by atoms with Gasteiger partial charge in [-0.15, -0.1) is 0 Å². The van der Waals surface area contributed by atoms with Crippen molar-refractivity contribution < 1.29 is 4.79 Å². The highest BCUT2D eigenvalue weighted by Crippen LogP contribution is 2.82. The monoisotopic (exact) mass is 398 g/mol. The third kappa shape index (κ3) is 2.87. The smallest absolute Gasteiger partial charge is 0.133 e. The van der Waals surface area contributed by atoms with E-state index in [1.165, 1.54) is 64.2 Å². The van der Waals surface area contributed by atoms with Gasteiger partial charge in [0, 0.05) is 12.8 Å². The maximum atomic E-state index is 12.2. The highest BCUT2D eigenvalue weighted by atomic mass is 16.1. The molecule has 0 bridgehead atoms. The SMILES string of the molecule is CC(C)CCC[C@@H](C)[C@H]1CC[C@@H]2[C@]1(C)CC[C@@H]1[C@@]3(C)CCC(=O)C[C@@H]3C[C@H]3C[C@]312. The lowest BCUT2D eigenvalue weighted by molar-refractivity contribution is -0.144. The number of ketones is 1. The van der Waals surface area contributed by atoms with Crippen LogP contribution in [0.25, 0.3) is 0 Å². The van der Waals surface area contributed by atoms with E-state index in [1.807, 2.05) is 0 Å². The van der Waals surface area contributed by atoms with Crippen LogP contribution >= 0.6 is 0 Å². The summed E-state index contributed by atoms with van der Waals surface area (Å²) in [6.45, 7) is 12.7. The summed E-state index contributed by atoms with van der Waals surface area (Å²) >= 11 is 0. The van der Waals surface area contributed by atoms with E-state index < -0.39 is 0 Å². The Bertz CT molecular complexity index is 665. The molecule has 0 aromatic carbocycles. The minimum absolute atomic E-state index is 0.475. The first-order valence-corrected chi connectivity index (χ1v) is 13.2. The number of hydrogen-bond donors (Lipinski definition) is 0. The molecule has 0 aromatic heterocycles. The van der Waals surface area contributed by atoms with Crippen molar-refractivity contribution in [1.29, 1.82) is 0 Å². The van der Waals surface area contributed by atoms with Gasteiger partial charge in [-0.1, -0.05) is 53.9 Å². The first-order chi connectivity index (χ1) is 13.7. The first-order valence-electron chi connectivity index (χ1n) is 13.2. The van der Waals surface area contributed by atoms with Crippen LogP contribution in [0.3, 0.4) is 0 Å². The van der Waals surface area contributed by atoms with Crippen LogP contribution in [0.2, 0.25) is 0 Å². The average Bonchev–Trinajstić information content (AvgIpc) is 3.22. The van der Waals surface area contributed by atoms with Crippen molar-refractivity contribution >= 4 is 5.78 Å². The molecule has 0 aliphatic heterocycles. The van der Waals surface area contributed by atoms with Gasteiger partial charge in [0.2, 0.25) is 0 Å². The molecule has 0 saturated heterocycles. The van der Waals surface area contributed by atoms with E-state index in [0.29, 0.717) is 27.9 Å². The second kappa shape index (κ2) is 6.83. The van der Waals surface area contributed by atoms with Gasteiger partial charge in [0.25, 0.3) is 0 Å². The molecule has 0 aromatic rings. The van der Waals surface area contributed by atoms with E-state index in [-0.39, 0.29) is 0 Å². The zero-order chi connectivity index (χ0) is 20.6. The van der Waals surface area contributed by atoms with Crippen LogP contribution < -0.4 is 0 Å². The average molecular weight is 399 g/mol. The van der Waals surface area contributed by atoms with Gasteiger partial charge < -0.3 is 0 Å². The highest BCUT2D eigenvalue weighted by molar-refractivity contribution is 5.79. The lowest BCUT2D eigenvalue weighted by Gasteiger charge is -2.61. The van der Waals surface area contributed by atoms with Crippen molar-refractivity contribution in [2.45, 2.75) is 112 Å². The minimum atomic E-state index is 0.475. The maximum Gasteiger partial charge on any atom is 0.133 e. The molecule has 5 aliphatic rings. The Balaban J connectivity index is 1.36. The van der Waals surface area contributed by atoms with Gasteiger partial charge in [-0.25, -0.2) is 0 Å². The quantitative estimate of drug-likeness (QED) is 0.464. The molecule has 29 heavy (non-hydrogen) atoms. The van der Waals surface area contributed by atoms with Gasteiger partial charge in [-0.05, 0) is 103 Å². The van der Waals surface area contributed by atoms with E-state index in [1.54, 1.807) is 0 Å². The molecule has 0 unspecified atom stereocenters.